The normalized spacial score (nSPS) is 19.3. The van der Waals surface area contributed by atoms with Crippen LogP contribution >= 0.6 is 11.6 Å². The van der Waals surface area contributed by atoms with Gasteiger partial charge in [-0.05, 0) is 12.8 Å². The van der Waals surface area contributed by atoms with Crippen LogP contribution in [0.25, 0.3) is 0 Å². The van der Waals surface area contributed by atoms with Crippen molar-refractivity contribution in [3.63, 3.8) is 0 Å². The lowest BCUT2D eigenvalue weighted by molar-refractivity contribution is -0.134. The van der Waals surface area contributed by atoms with Crippen LogP contribution < -0.4 is 0 Å². The van der Waals surface area contributed by atoms with Gasteiger partial charge >= 0.3 is 0 Å². The molecule has 0 unspecified atom stereocenters. The number of nitrogens with zero attached hydrogens (tertiary/aromatic N) is 2. The smallest absolute Gasteiger partial charge is 0.224 e. The Bertz CT molecular complexity index is 266. The SMILES string of the molecule is CN(C(=O)CCCl)C1(C#N)CCCCC1. The van der Waals surface area contributed by atoms with Gasteiger partial charge in [0.2, 0.25) is 5.91 Å². The molecule has 1 aliphatic carbocycles. The summed E-state index contributed by atoms with van der Waals surface area (Å²) < 4.78 is 0. The van der Waals surface area contributed by atoms with E-state index >= 15 is 0 Å². The number of carbonyl (C=O) groups excluding carboxylic acids is 1. The van der Waals surface area contributed by atoms with Crippen LogP contribution in [-0.4, -0.2) is 29.3 Å². The predicted octanol–water partition coefficient (Wildman–Crippen LogP) is 2.30. The van der Waals surface area contributed by atoms with Gasteiger partial charge < -0.3 is 4.90 Å². The average Bonchev–Trinajstić information content (AvgIpc) is 2.29. The quantitative estimate of drug-likeness (QED) is 0.696. The lowest BCUT2D eigenvalue weighted by atomic mass is 9.81. The van der Waals surface area contributed by atoms with E-state index in [9.17, 15) is 10.1 Å². The van der Waals surface area contributed by atoms with Crippen molar-refractivity contribution in [2.24, 2.45) is 0 Å². The summed E-state index contributed by atoms with van der Waals surface area (Å²) in [5, 5.41) is 9.25. The number of halogens is 1. The minimum Gasteiger partial charge on any atom is -0.327 e. The molecule has 0 heterocycles. The Morgan fingerprint density at radius 2 is 2.07 bits per heavy atom. The molecule has 0 saturated heterocycles. The van der Waals surface area contributed by atoms with Crippen LogP contribution in [0.15, 0.2) is 0 Å². The second kappa shape index (κ2) is 5.37. The fourth-order valence-electron chi connectivity index (χ4n) is 2.15. The molecule has 0 N–H and O–H groups in total. The first-order chi connectivity index (χ1) is 7.16. The van der Waals surface area contributed by atoms with E-state index < -0.39 is 5.54 Å². The molecule has 84 valence electrons. The minimum atomic E-state index is -0.568. The van der Waals surface area contributed by atoms with Crippen LogP contribution in [0.1, 0.15) is 38.5 Å². The van der Waals surface area contributed by atoms with Crippen molar-refractivity contribution < 1.29 is 4.79 Å². The second-order valence-electron chi connectivity index (χ2n) is 4.10. The van der Waals surface area contributed by atoms with Crippen molar-refractivity contribution in [1.82, 2.24) is 4.90 Å². The van der Waals surface area contributed by atoms with Gasteiger partial charge in [-0.2, -0.15) is 5.26 Å². The average molecular weight is 229 g/mol. The van der Waals surface area contributed by atoms with E-state index in [-0.39, 0.29) is 5.91 Å². The van der Waals surface area contributed by atoms with Gasteiger partial charge in [0.1, 0.15) is 5.54 Å². The number of amides is 1. The molecule has 1 rings (SSSR count). The van der Waals surface area contributed by atoms with Crippen LogP contribution in [0.4, 0.5) is 0 Å². The number of rotatable bonds is 3. The minimum absolute atomic E-state index is 0.0200. The van der Waals surface area contributed by atoms with Crippen molar-refractivity contribution in [2.45, 2.75) is 44.1 Å². The van der Waals surface area contributed by atoms with E-state index in [4.69, 9.17) is 11.6 Å². The molecular formula is C11H17ClN2O. The van der Waals surface area contributed by atoms with Gasteiger partial charge in [0, 0.05) is 19.3 Å². The van der Waals surface area contributed by atoms with Crippen LogP contribution in [0.2, 0.25) is 0 Å². The highest BCUT2D eigenvalue weighted by Gasteiger charge is 2.38. The highest BCUT2D eigenvalue weighted by Crippen LogP contribution is 2.32. The van der Waals surface area contributed by atoms with Crippen LogP contribution in [0, 0.1) is 11.3 Å². The maximum atomic E-state index is 11.7. The van der Waals surface area contributed by atoms with E-state index in [0.29, 0.717) is 12.3 Å². The molecule has 0 radical (unpaired) electrons. The molecule has 0 aromatic carbocycles. The Hall–Kier alpha value is -0.750. The van der Waals surface area contributed by atoms with Gasteiger partial charge in [0.05, 0.1) is 6.07 Å². The van der Waals surface area contributed by atoms with Crippen LogP contribution in [-0.2, 0) is 4.79 Å². The monoisotopic (exact) mass is 228 g/mol. The third-order valence-corrected chi connectivity index (χ3v) is 3.40. The molecule has 0 atom stereocenters. The van der Waals surface area contributed by atoms with Gasteiger partial charge in [0.25, 0.3) is 0 Å². The van der Waals surface area contributed by atoms with Crippen LogP contribution in [0.5, 0.6) is 0 Å². The molecule has 0 bridgehead atoms. The Morgan fingerprint density at radius 3 is 2.53 bits per heavy atom. The van der Waals surface area contributed by atoms with Crippen molar-refractivity contribution in [3.05, 3.63) is 0 Å². The molecule has 1 fully saturated rings. The van der Waals surface area contributed by atoms with E-state index in [1.807, 2.05) is 0 Å². The summed E-state index contributed by atoms with van der Waals surface area (Å²) in [5.41, 5.74) is -0.568. The number of hydrogen-bond donors (Lipinski definition) is 0. The number of hydrogen-bond acceptors (Lipinski definition) is 2. The fourth-order valence-corrected chi connectivity index (χ4v) is 2.31. The number of nitriles is 1. The molecule has 1 aliphatic rings. The summed E-state index contributed by atoms with van der Waals surface area (Å²) >= 11 is 5.54. The van der Waals surface area contributed by atoms with Gasteiger partial charge in [-0.25, -0.2) is 0 Å². The van der Waals surface area contributed by atoms with Crippen molar-refractivity contribution >= 4 is 17.5 Å². The van der Waals surface area contributed by atoms with Crippen molar-refractivity contribution in [2.75, 3.05) is 12.9 Å². The molecule has 0 aliphatic heterocycles. The van der Waals surface area contributed by atoms with E-state index in [0.717, 1.165) is 25.7 Å². The summed E-state index contributed by atoms with van der Waals surface area (Å²) in [5.74, 6) is 0.304. The van der Waals surface area contributed by atoms with E-state index in [1.54, 1.807) is 11.9 Å². The summed E-state index contributed by atoms with van der Waals surface area (Å²) in [7, 11) is 1.73. The lowest BCUT2D eigenvalue weighted by Crippen LogP contribution is -2.49. The standard InChI is InChI=1S/C11H17ClN2O/c1-14(10(15)5-8-12)11(9-13)6-3-2-4-7-11/h2-8H2,1H3. The number of alkyl halides is 1. The molecule has 15 heavy (non-hydrogen) atoms. The van der Waals surface area contributed by atoms with Gasteiger partial charge in [-0.3, -0.25) is 4.79 Å². The molecule has 3 nitrogen and oxygen atoms in total. The van der Waals surface area contributed by atoms with Crippen molar-refractivity contribution in [1.29, 1.82) is 5.26 Å². The predicted molar refractivity (Wildman–Crippen MR) is 59.5 cm³/mol. The third-order valence-electron chi connectivity index (χ3n) is 3.21. The van der Waals surface area contributed by atoms with Crippen molar-refractivity contribution in [3.8, 4) is 6.07 Å². The zero-order valence-corrected chi connectivity index (χ0v) is 9.89. The summed E-state index contributed by atoms with van der Waals surface area (Å²) in [6.07, 6.45) is 5.16. The molecule has 4 heteroatoms. The summed E-state index contributed by atoms with van der Waals surface area (Å²) in [6, 6.07) is 2.32. The molecule has 0 aromatic heterocycles. The maximum absolute atomic E-state index is 11.7. The summed E-state index contributed by atoms with van der Waals surface area (Å²) in [4.78, 5) is 13.3. The second-order valence-corrected chi connectivity index (χ2v) is 4.47. The highest BCUT2D eigenvalue weighted by atomic mass is 35.5. The topological polar surface area (TPSA) is 44.1 Å². The molecule has 0 spiro atoms. The van der Waals surface area contributed by atoms with Gasteiger partial charge in [-0.15, -0.1) is 11.6 Å². The summed E-state index contributed by atoms with van der Waals surface area (Å²) in [6.45, 7) is 0. The van der Waals surface area contributed by atoms with Crippen LogP contribution in [0.3, 0.4) is 0 Å². The molecule has 1 saturated carbocycles. The van der Waals surface area contributed by atoms with E-state index in [2.05, 4.69) is 6.07 Å². The van der Waals surface area contributed by atoms with Gasteiger partial charge in [-0.1, -0.05) is 19.3 Å². The zero-order chi connectivity index (χ0) is 11.3. The lowest BCUT2D eigenvalue weighted by Gasteiger charge is -2.39. The first-order valence-corrected chi connectivity index (χ1v) is 5.93. The first-order valence-electron chi connectivity index (χ1n) is 5.40. The van der Waals surface area contributed by atoms with E-state index in [1.165, 1.54) is 6.42 Å². The highest BCUT2D eigenvalue weighted by molar-refractivity contribution is 6.18. The zero-order valence-electron chi connectivity index (χ0n) is 9.13. The fraction of sp³-hybridized carbons (Fsp3) is 0.818. The molecule has 0 aromatic rings. The molecular weight excluding hydrogens is 212 g/mol. The Labute approximate surface area is 96.0 Å². The molecule has 1 amide bonds. The Kier molecular flexibility index (Phi) is 4.41. The Morgan fingerprint density at radius 1 is 1.47 bits per heavy atom. The largest absolute Gasteiger partial charge is 0.327 e. The number of carbonyl (C=O) groups is 1. The Balaban J connectivity index is 2.72. The first kappa shape index (κ1) is 12.3. The third kappa shape index (κ3) is 2.63. The van der Waals surface area contributed by atoms with Gasteiger partial charge in [0.15, 0.2) is 0 Å². The maximum Gasteiger partial charge on any atom is 0.224 e.